The molecular weight excluding hydrogens is 425 g/mol. The Morgan fingerprint density at radius 1 is 1.19 bits per heavy atom. The molecule has 3 aromatic heterocycles. The van der Waals surface area contributed by atoms with Gasteiger partial charge in [0.1, 0.15) is 11.5 Å². The first-order chi connectivity index (χ1) is 15.3. The maximum absolute atomic E-state index is 13.2. The van der Waals surface area contributed by atoms with Gasteiger partial charge in [-0.2, -0.15) is 18.3 Å². The second kappa shape index (κ2) is 8.71. The number of nitrogens with zero attached hydrogens (tertiary/aromatic N) is 6. The minimum atomic E-state index is -4.48. The molecule has 0 bridgehead atoms. The van der Waals surface area contributed by atoms with Crippen molar-refractivity contribution in [3.63, 3.8) is 0 Å². The number of unbranched alkanes of at least 4 members (excludes halogenated alkanes) is 1. The van der Waals surface area contributed by atoms with Crippen LogP contribution in [-0.4, -0.2) is 48.3 Å². The highest BCUT2D eigenvalue weighted by Crippen LogP contribution is 2.31. The molecule has 8 nitrogen and oxygen atoms in total. The normalized spacial score (nSPS) is 17.1. The van der Waals surface area contributed by atoms with E-state index in [-0.39, 0.29) is 29.6 Å². The smallest absolute Gasteiger partial charge is 0.337 e. The molecule has 0 saturated carbocycles. The molecule has 1 fully saturated rings. The van der Waals surface area contributed by atoms with E-state index in [4.69, 9.17) is 0 Å². The van der Waals surface area contributed by atoms with Crippen molar-refractivity contribution in [2.75, 3.05) is 13.1 Å². The Bertz CT molecular complexity index is 1190. The number of carbonyl (C=O) groups excluding carboxylic acids is 1. The number of fused-ring (bicyclic) bond motifs is 1. The van der Waals surface area contributed by atoms with E-state index >= 15 is 0 Å². The number of alkyl halides is 3. The summed E-state index contributed by atoms with van der Waals surface area (Å²) in [7, 11) is 0. The number of likely N-dealkylation sites (tertiary alicyclic amines) is 1. The van der Waals surface area contributed by atoms with Crippen LogP contribution < -0.4 is 5.56 Å². The lowest BCUT2D eigenvalue weighted by Crippen LogP contribution is -2.40. The first-order valence-corrected chi connectivity index (χ1v) is 10.6. The first-order valence-electron chi connectivity index (χ1n) is 10.6. The fourth-order valence-corrected chi connectivity index (χ4v) is 3.92. The van der Waals surface area contributed by atoms with Crippen LogP contribution in [0.2, 0.25) is 0 Å². The molecule has 3 aromatic rings. The van der Waals surface area contributed by atoms with E-state index in [0.29, 0.717) is 37.4 Å². The van der Waals surface area contributed by atoms with Crippen LogP contribution in [0.4, 0.5) is 13.2 Å². The summed E-state index contributed by atoms with van der Waals surface area (Å²) < 4.78 is 42.1. The standard InChI is InChI=1S/C21H23F3N6O2/c1-2-3-11-30-18(31)9-7-16(27-30)20(32)28-10-4-5-14(12-28)19-26-25-17-8-6-15(13-29(17)19)21(22,23)24/h6-9,13-14H,2-5,10-12H2,1H3. The Kier molecular flexibility index (Phi) is 5.98. The molecule has 170 valence electrons. The molecule has 4 heterocycles. The molecular formula is C21H23F3N6O2. The van der Waals surface area contributed by atoms with Gasteiger partial charge < -0.3 is 4.90 Å². The molecule has 4 rings (SSSR count). The number of aryl methyl sites for hydroxylation is 1. The van der Waals surface area contributed by atoms with Crippen molar-refractivity contribution in [3.8, 4) is 0 Å². The molecule has 0 radical (unpaired) electrons. The Morgan fingerprint density at radius 3 is 2.75 bits per heavy atom. The average Bonchev–Trinajstić information content (AvgIpc) is 3.21. The van der Waals surface area contributed by atoms with Gasteiger partial charge in [0.25, 0.3) is 11.5 Å². The van der Waals surface area contributed by atoms with Crippen LogP contribution in [0.25, 0.3) is 5.65 Å². The number of halogens is 3. The number of carbonyl (C=O) groups is 1. The van der Waals surface area contributed by atoms with Crippen LogP contribution in [-0.2, 0) is 12.7 Å². The molecule has 1 unspecified atom stereocenters. The summed E-state index contributed by atoms with van der Waals surface area (Å²) in [5.74, 6) is -0.189. The fraction of sp³-hybridized carbons (Fsp3) is 0.476. The van der Waals surface area contributed by atoms with E-state index in [1.54, 1.807) is 4.90 Å². The fourth-order valence-electron chi connectivity index (χ4n) is 3.92. The number of piperidine rings is 1. The van der Waals surface area contributed by atoms with E-state index in [9.17, 15) is 22.8 Å². The zero-order valence-corrected chi connectivity index (χ0v) is 17.5. The molecule has 32 heavy (non-hydrogen) atoms. The summed E-state index contributed by atoms with van der Waals surface area (Å²) in [6.45, 7) is 3.22. The van der Waals surface area contributed by atoms with Crippen molar-refractivity contribution < 1.29 is 18.0 Å². The maximum atomic E-state index is 13.2. The van der Waals surface area contributed by atoms with Crippen molar-refractivity contribution in [1.29, 1.82) is 0 Å². The van der Waals surface area contributed by atoms with Gasteiger partial charge in [0.2, 0.25) is 0 Å². The zero-order valence-electron chi connectivity index (χ0n) is 17.5. The summed E-state index contributed by atoms with van der Waals surface area (Å²) >= 11 is 0. The van der Waals surface area contributed by atoms with Gasteiger partial charge in [0.15, 0.2) is 5.65 Å². The SMILES string of the molecule is CCCCn1nc(C(=O)N2CCCC(c3nnc4ccc(C(F)(F)F)cn34)C2)ccc1=O. The quantitative estimate of drug-likeness (QED) is 0.599. The van der Waals surface area contributed by atoms with Gasteiger partial charge in [0.05, 0.1) is 5.56 Å². The molecule has 1 amide bonds. The maximum Gasteiger partial charge on any atom is 0.417 e. The summed E-state index contributed by atoms with van der Waals surface area (Å²) in [4.78, 5) is 26.7. The van der Waals surface area contributed by atoms with Gasteiger partial charge in [-0.25, -0.2) is 4.68 Å². The lowest BCUT2D eigenvalue weighted by molar-refractivity contribution is -0.137. The second-order valence-corrected chi connectivity index (χ2v) is 7.93. The highest BCUT2D eigenvalue weighted by atomic mass is 19.4. The summed E-state index contributed by atoms with van der Waals surface area (Å²) in [5.41, 5.74) is -0.553. The number of hydrogen-bond donors (Lipinski definition) is 0. The monoisotopic (exact) mass is 448 g/mol. The largest absolute Gasteiger partial charge is 0.417 e. The lowest BCUT2D eigenvalue weighted by atomic mass is 9.97. The molecule has 1 saturated heterocycles. The Hall–Kier alpha value is -3.24. The summed E-state index contributed by atoms with van der Waals surface area (Å²) in [5, 5.41) is 12.3. The molecule has 1 atom stereocenters. The lowest BCUT2D eigenvalue weighted by Gasteiger charge is -2.31. The molecule has 1 aliphatic heterocycles. The Labute approximate surface area is 181 Å². The van der Waals surface area contributed by atoms with E-state index in [2.05, 4.69) is 15.3 Å². The molecule has 0 N–H and O–H groups in total. The number of amides is 1. The molecule has 11 heteroatoms. The van der Waals surface area contributed by atoms with Crippen LogP contribution >= 0.6 is 0 Å². The van der Waals surface area contributed by atoms with Crippen LogP contribution in [0.3, 0.4) is 0 Å². The highest BCUT2D eigenvalue weighted by Gasteiger charge is 2.33. The number of hydrogen-bond acceptors (Lipinski definition) is 5. The van der Waals surface area contributed by atoms with E-state index in [1.807, 2.05) is 6.92 Å². The summed E-state index contributed by atoms with van der Waals surface area (Å²) in [6.07, 6.45) is -0.476. The molecule has 0 aromatic carbocycles. The number of rotatable bonds is 5. The minimum Gasteiger partial charge on any atom is -0.337 e. The molecule has 0 spiro atoms. The van der Waals surface area contributed by atoms with Crippen molar-refractivity contribution in [2.24, 2.45) is 0 Å². The predicted molar refractivity (Wildman–Crippen MR) is 109 cm³/mol. The third-order valence-electron chi connectivity index (χ3n) is 5.64. The minimum absolute atomic E-state index is 0.173. The van der Waals surface area contributed by atoms with Crippen molar-refractivity contribution in [3.05, 3.63) is 57.9 Å². The van der Waals surface area contributed by atoms with Gasteiger partial charge in [-0.3, -0.25) is 14.0 Å². The van der Waals surface area contributed by atoms with Crippen molar-refractivity contribution in [2.45, 2.75) is 51.2 Å². The van der Waals surface area contributed by atoms with E-state index in [0.717, 1.165) is 25.1 Å². The second-order valence-electron chi connectivity index (χ2n) is 7.93. The first kappa shape index (κ1) is 22.0. The van der Waals surface area contributed by atoms with Gasteiger partial charge in [-0.05, 0) is 37.5 Å². The van der Waals surface area contributed by atoms with Crippen LogP contribution in [0.5, 0.6) is 0 Å². The van der Waals surface area contributed by atoms with Crippen molar-refractivity contribution >= 4 is 11.6 Å². The van der Waals surface area contributed by atoms with Gasteiger partial charge in [0, 0.05) is 37.8 Å². The van der Waals surface area contributed by atoms with Crippen LogP contribution in [0.1, 0.15) is 60.4 Å². The van der Waals surface area contributed by atoms with Gasteiger partial charge >= 0.3 is 6.18 Å². The third kappa shape index (κ3) is 4.37. The number of pyridine rings is 1. The van der Waals surface area contributed by atoms with E-state index < -0.39 is 11.7 Å². The van der Waals surface area contributed by atoms with Crippen molar-refractivity contribution in [1.82, 2.24) is 29.3 Å². The Balaban J connectivity index is 1.58. The van der Waals surface area contributed by atoms with Crippen LogP contribution in [0.15, 0.2) is 35.3 Å². The Morgan fingerprint density at radius 2 is 2.00 bits per heavy atom. The summed E-state index contributed by atoms with van der Waals surface area (Å²) in [6, 6.07) is 5.01. The van der Waals surface area contributed by atoms with Gasteiger partial charge in [-0.15, -0.1) is 10.2 Å². The average molecular weight is 448 g/mol. The predicted octanol–water partition coefficient (Wildman–Crippen LogP) is 3.12. The van der Waals surface area contributed by atoms with Gasteiger partial charge in [-0.1, -0.05) is 13.3 Å². The third-order valence-corrected chi connectivity index (χ3v) is 5.64. The highest BCUT2D eigenvalue weighted by molar-refractivity contribution is 5.92. The zero-order chi connectivity index (χ0) is 22.9. The molecule has 0 aliphatic carbocycles. The topological polar surface area (TPSA) is 85.4 Å². The number of aromatic nitrogens is 5. The van der Waals surface area contributed by atoms with Crippen LogP contribution in [0, 0.1) is 0 Å². The van der Waals surface area contributed by atoms with E-state index in [1.165, 1.54) is 27.3 Å². The molecule has 1 aliphatic rings.